The number of ether oxygens (including phenoxy) is 1. The lowest BCUT2D eigenvalue weighted by atomic mass is 9.33. The summed E-state index contributed by atoms with van der Waals surface area (Å²) < 4.78 is 6.68. The van der Waals surface area contributed by atoms with Gasteiger partial charge in [-0.25, -0.2) is 0 Å². The van der Waals surface area contributed by atoms with Crippen molar-refractivity contribution in [3.05, 3.63) is 0 Å². The van der Waals surface area contributed by atoms with Gasteiger partial charge in [0.1, 0.15) is 5.78 Å². The van der Waals surface area contributed by atoms with E-state index in [-0.39, 0.29) is 39.8 Å². The summed E-state index contributed by atoms with van der Waals surface area (Å²) in [6.07, 6.45) is 8.00. The van der Waals surface area contributed by atoms with Crippen molar-refractivity contribution in [3.63, 3.8) is 0 Å². The fourth-order valence-electron chi connectivity index (χ4n) is 10.7. The van der Waals surface area contributed by atoms with E-state index in [1.165, 1.54) is 0 Å². The predicted molar refractivity (Wildman–Crippen MR) is 135 cm³/mol. The quantitative estimate of drug-likeness (QED) is 0.497. The molecule has 2 unspecified atom stereocenters. The number of hydrogen-bond donors (Lipinski definition) is 2. The molecule has 4 saturated carbocycles. The summed E-state index contributed by atoms with van der Waals surface area (Å²) in [6, 6.07) is 0. The molecule has 35 heavy (non-hydrogen) atoms. The zero-order valence-electron chi connectivity index (χ0n) is 23.1. The van der Waals surface area contributed by atoms with Gasteiger partial charge in [0, 0.05) is 11.8 Å². The third kappa shape index (κ3) is 3.19. The van der Waals surface area contributed by atoms with Gasteiger partial charge in [-0.2, -0.15) is 0 Å². The van der Waals surface area contributed by atoms with E-state index in [9.17, 15) is 19.8 Å². The fraction of sp³-hybridized carbons (Fsp3) is 0.933. The van der Waals surface area contributed by atoms with Crippen LogP contribution in [0.1, 0.15) is 113 Å². The van der Waals surface area contributed by atoms with Gasteiger partial charge in [0.15, 0.2) is 0 Å². The summed E-state index contributed by atoms with van der Waals surface area (Å²) in [5.41, 5.74) is -1.86. The number of ketones is 1. The molecule has 5 rings (SSSR count). The van der Waals surface area contributed by atoms with Crippen LogP contribution in [0.25, 0.3) is 0 Å². The van der Waals surface area contributed by atoms with Crippen LogP contribution < -0.4 is 0 Å². The van der Waals surface area contributed by atoms with Crippen molar-refractivity contribution in [2.24, 2.45) is 44.8 Å². The first-order valence-corrected chi connectivity index (χ1v) is 14.2. The lowest BCUT2D eigenvalue weighted by Gasteiger charge is -2.72. The number of carbonyl (C=O) groups excluding carboxylic acids is 1. The molecule has 0 aromatic heterocycles. The highest BCUT2D eigenvalue weighted by molar-refractivity contribution is 5.85. The third-order valence-electron chi connectivity index (χ3n) is 13.1. The van der Waals surface area contributed by atoms with Crippen LogP contribution in [0.3, 0.4) is 0 Å². The van der Waals surface area contributed by atoms with Gasteiger partial charge in [0.05, 0.1) is 23.2 Å². The van der Waals surface area contributed by atoms with Crippen LogP contribution in [0.5, 0.6) is 0 Å². The average molecular weight is 489 g/mol. The minimum atomic E-state index is -0.981. The molecule has 1 aliphatic heterocycles. The van der Waals surface area contributed by atoms with Crippen LogP contribution in [0.4, 0.5) is 0 Å². The molecule has 1 heterocycles. The average Bonchev–Trinajstić information content (AvgIpc) is 2.76. The number of carboxylic acid groups (broad SMARTS) is 1. The van der Waals surface area contributed by atoms with Crippen molar-refractivity contribution >= 4 is 11.8 Å². The van der Waals surface area contributed by atoms with Crippen molar-refractivity contribution in [1.82, 2.24) is 0 Å². The van der Waals surface area contributed by atoms with E-state index in [0.29, 0.717) is 43.3 Å². The van der Waals surface area contributed by atoms with E-state index < -0.39 is 17.0 Å². The van der Waals surface area contributed by atoms with Gasteiger partial charge < -0.3 is 14.9 Å². The Bertz CT molecular complexity index is 918. The topological polar surface area (TPSA) is 83.8 Å². The van der Waals surface area contributed by atoms with Crippen molar-refractivity contribution in [2.45, 2.75) is 130 Å². The molecule has 0 amide bonds. The predicted octanol–water partition coefficient (Wildman–Crippen LogP) is 6.01. The first kappa shape index (κ1) is 25.7. The number of carboxylic acids is 1. The number of Topliss-reactive ketones (excluding diaryl/α,β-unsaturated/α-hetero) is 1. The van der Waals surface area contributed by atoms with Crippen LogP contribution in [0.2, 0.25) is 0 Å². The van der Waals surface area contributed by atoms with Crippen LogP contribution in [0.15, 0.2) is 0 Å². The number of carbonyl (C=O) groups is 2. The summed E-state index contributed by atoms with van der Waals surface area (Å²) in [5.74, 6) is 0.849. The van der Waals surface area contributed by atoms with Gasteiger partial charge >= 0.3 is 5.97 Å². The second-order valence-electron chi connectivity index (χ2n) is 15.0. The standard InChI is InChI=1S/C30H48O5/c1-25(2)19-10-14-29(7)20(27(19,5)13-11-21(25)31)9-8-18-23-30(24(32)33,17-16-28(18,29)6)15-12-22(35-23)26(3,4)34/h18-20,22-23,34H,8-17H2,1-7H3,(H,32,33)/t18?,19?,20-,22+,23-,27+,28-,29-,30+/m1/s1. The summed E-state index contributed by atoms with van der Waals surface area (Å²) in [4.78, 5) is 25.7. The molecule has 1 saturated heterocycles. The van der Waals surface area contributed by atoms with E-state index in [0.717, 1.165) is 38.5 Å². The summed E-state index contributed by atoms with van der Waals surface area (Å²) >= 11 is 0. The highest BCUT2D eigenvalue weighted by atomic mass is 16.5. The molecule has 0 aromatic carbocycles. The number of aliphatic carboxylic acids is 1. The molecule has 5 aliphatic rings. The molecule has 0 radical (unpaired) electrons. The van der Waals surface area contributed by atoms with E-state index in [1.807, 2.05) is 0 Å². The highest BCUT2D eigenvalue weighted by Crippen LogP contribution is 2.75. The van der Waals surface area contributed by atoms with Gasteiger partial charge in [-0.05, 0) is 106 Å². The molecule has 0 spiro atoms. The largest absolute Gasteiger partial charge is 0.481 e. The summed E-state index contributed by atoms with van der Waals surface area (Å²) in [5, 5.41) is 21.3. The van der Waals surface area contributed by atoms with Crippen LogP contribution in [-0.2, 0) is 14.3 Å². The molecule has 2 N–H and O–H groups in total. The molecule has 0 aromatic rings. The Balaban J connectivity index is 1.54. The zero-order valence-corrected chi connectivity index (χ0v) is 23.1. The summed E-state index contributed by atoms with van der Waals surface area (Å²) in [6.45, 7) is 15.4. The minimum absolute atomic E-state index is 0.0133. The minimum Gasteiger partial charge on any atom is -0.481 e. The number of rotatable bonds is 2. The third-order valence-corrected chi connectivity index (χ3v) is 13.1. The van der Waals surface area contributed by atoms with E-state index in [4.69, 9.17) is 4.74 Å². The number of hydrogen-bond acceptors (Lipinski definition) is 4. The monoisotopic (exact) mass is 488 g/mol. The fourth-order valence-corrected chi connectivity index (χ4v) is 10.7. The van der Waals surface area contributed by atoms with Crippen LogP contribution in [-0.4, -0.2) is 39.8 Å². The van der Waals surface area contributed by atoms with Crippen molar-refractivity contribution in [3.8, 4) is 0 Å². The van der Waals surface area contributed by atoms with Gasteiger partial charge in [0.2, 0.25) is 0 Å². The van der Waals surface area contributed by atoms with E-state index in [2.05, 4.69) is 34.6 Å². The Hall–Kier alpha value is -0.940. The lowest BCUT2D eigenvalue weighted by molar-refractivity contribution is -0.283. The second kappa shape index (κ2) is 7.56. The van der Waals surface area contributed by atoms with Crippen LogP contribution >= 0.6 is 0 Å². The zero-order chi connectivity index (χ0) is 25.8. The Labute approximate surface area is 211 Å². The maximum atomic E-state index is 12.9. The van der Waals surface area contributed by atoms with Gasteiger partial charge in [-0.15, -0.1) is 0 Å². The van der Waals surface area contributed by atoms with E-state index in [1.54, 1.807) is 13.8 Å². The second-order valence-corrected chi connectivity index (χ2v) is 15.0. The molecule has 5 fully saturated rings. The maximum absolute atomic E-state index is 12.9. The van der Waals surface area contributed by atoms with Gasteiger partial charge in [-0.1, -0.05) is 34.6 Å². The van der Waals surface area contributed by atoms with Gasteiger partial charge in [-0.3, -0.25) is 9.59 Å². The van der Waals surface area contributed by atoms with Crippen LogP contribution in [0, 0.1) is 44.8 Å². The van der Waals surface area contributed by atoms with Gasteiger partial charge in [0.25, 0.3) is 0 Å². The summed E-state index contributed by atoms with van der Waals surface area (Å²) in [7, 11) is 0. The molecule has 9 atom stereocenters. The number of aliphatic hydroxyl groups is 1. The Morgan fingerprint density at radius 2 is 1.57 bits per heavy atom. The molecule has 5 nitrogen and oxygen atoms in total. The lowest BCUT2D eigenvalue weighted by Crippen LogP contribution is -2.69. The smallest absolute Gasteiger partial charge is 0.312 e. The molecule has 4 aliphatic carbocycles. The SMILES string of the molecule is CC1(C)C(=O)CC[C@@]2(C)C1CC[C@]1(C)[C@@H]2CCC2[C@H]3O[C@H](C(C)(C)O)CC[C@]3(C(=O)O)CC[C@]21C. The normalized spacial score (nSPS) is 51.4. The Kier molecular flexibility index (Phi) is 5.55. The molecule has 0 bridgehead atoms. The molecule has 198 valence electrons. The first-order valence-electron chi connectivity index (χ1n) is 14.2. The Morgan fingerprint density at radius 3 is 2.20 bits per heavy atom. The molecule has 5 heteroatoms. The highest BCUT2D eigenvalue weighted by Gasteiger charge is 2.71. The first-order chi connectivity index (χ1) is 16.0. The maximum Gasteiger partial charge on any atom is 0.312 e. The van der Waals surface area contributed by atoms with Crippen molar-refractivity contribution in [2.75, 3.05) is 0 Å². The van der Waals surface area contributed by atoms with E-state index >= 15 is 0 Å². The van der Waals surface area contributed by atoms with Crippen molar-refractivity contribution in [1.29, 1.82) is 0 Å². The molecular formula is C30H48O5. The molecular weight excluding hydrogens is 440 g/mol. The Morgan fingerprint density at radius 1 is 0.886 bits per heavy atom. The van der Waals surface area contributed by atoms with Crippen molar-refractivity contribution < 1.29 is 24.5 Å². The number of fused-ring (bicyclic) bond motifs is 7.